The Labute approximate surface area is 109 Å². The molecule has 0 radical (unpaired) electrons. The first kappa shape index (κ1) is 13.3. The van der Waals surface area contributed by atoms with Crippen molar-refractivity contribution in [1.82, 2.24) is 0 Å². The van der Waals surface area contributed by atoms with Crippen LogP contribution in [-0.4, -0.2) is 35.1 Å². The number of carboxylic acids is 1. The van der Waals surface area contributed by atoms with E-state index < -0.39 is 10.9 Å². The van der Waals surface area contributed by atoms with E-state index in [4.69, 9.17) is 5.73 Å². The summed E-state index contributed by atoms with van der Waals surface area (Å²) in [6, 6.07) is 4.07. The zero-order valence-electron chi connectivity index (χ0n) is 10.3. The predicted octanol–water partition coefficient (Wildman–Crippen LogP) is 1.22. The van der Waals surface area contributed by atoms with Crippen molar-refractivity contribution in [2.75, 3.05) is 18.0 Å². The maximum atomic E-state index is 11.2. The molecule has 1 fully saturated rings. The molecule has 1 aliphatic heterocycles. The summed E-state index contributed by atoms with van der Waals surface area (Å²) in [5, 5.41) is 19.9. The second-order valence-corrected chi connectivity index (χ2v) is 4.59. The van der Waals surface area contributed by atoms with Gasteiger partial charge in [0.2, 0.25) is 0 Å². The zero-order chi connectivity index (χ0) is 14.0. The van der Waals surface area contributed by atoms with Crippen LogP contribution in [0.15, 0.2) is 18.2 Å². The molecule has 0 aliphatic carbocycles. The van der Waals surface area contributed by atoms with Gasteiger partial charge in [-0.05, 0) is 18.9 Å². The Morgan fingerprint density at radius 2 is 2.05 bits per heavy atom. The molecular weight excluding hydrogens is 250 g/mol. The summed E-state index contributed by atoms with van der Waals surface area (Å²) in [7, 11) is 0. The summed E-state index contributed by atoms with van der Waals surface area (Å²) in [5.74, 6) is -1.16. The zero-order valence-corrected chi connectivity index (χ0v) is 10.3. The van der Waals surface area contributed by atoms with Crippen molar-refractivity contribution < 1.29 is 14.8 Å². The molecule has 0 aromatic heterocycles. The molecule has 2 rings (SSSR count). The molecule has 1 aromatic carbocycles. The third-order valence-electron chi connectivity index (χ3n) is 3.30. The van der Waals surface area contributed by atoms with Gasteiger partial charge < -0.3 is 15.7 Å². The predicted molar refractivity (Wildman–Crippen MR) is 69.5 cm³/mol. The topological polar surface area (TPSA) is 110 Å². The Kier molecular flexibility index (Phi) is 3.66. The van der Waals surface area contributed by atoms with Crippen LogP contribution < -0.4 is 10.6 Å². The van der Waals surface area contributed by atoms with Crippen LogP contribution in [0.1, 0.15) is 23.2 Å². The van der Waals surface area contributed by atoms with Crippen molar-refractivity contribution >= 4 is 17.3 Å². The van der Waals surface area contributed by atoms with Crippen LogP contribution in [0, 0.1) is 10.1 Å². The maximum Gasteiger partial charge on any atom is 0.338 e. The van der Waals surface area contributed by atoms with Gasteiger partial charge in [-0.2, -0.15) is 0 Å². The molecule has 7 nitrogen and oxygen atoms in total. The molecule has 7 heteroatoms. The number of hydrogen-bond acceptors (Lipinski definition) is 5. The van der Waals surface area contributed by atoms with Crippen LogP contribution in [0.2, 0.25) is 0 Å². The fraction of sp³-hybridized carbons (Fsp3) is 0.417. The normalized spacial score (nSPS) is 16.4. The molecule has 1 aromatic rings. The molecule has 0 unspecified atom stereocenters. The molecule has 1 saturated heterocycles. The number of piperidine rings is 1. The molecule has 1 heterocycles. The number of anilines is 1. The number of benzene rings is 1. The third-order valence-corrected chi connectivity index (χ3v) is 3.30. The van der Waals surface area contributed by atoms with Crippen molar-refractivity contribution in [3.8, 4) is 0 Å². The highest BCUT2D eigenvalue weighted by molar-refractivity contribution is 5.95. The number of nitro benzene ring substituents is 1. The molecule has 102 valence electrons. The van der Waals surface area contributed by atoms with Gasteiger partial charge in [-0.25, -0.2) is 4.79 Å². The Hall–Kier alpha value is -2.15. The SMILES string of the molecule is NC1CCN(c2ccc([N+](=O)[O-])cc2C(=O)O)CC1. The smallest absolute Gasteiger partial charge is 0.338 e. The quantitative estimate of drug-likeness (QED) is 0.628. The van der Waals surface area contributed by atoms with Crippen molar-refractivity contribution in [3.05, 3.63) is 33.9 Å². The van der Waals surface area contributed by atoms with E-state index in [0.717, 1.165) is 18.9 Å². The van der Waals surface area contributed by atoms with Gasteiger partial charge in [-0.3, -0.25) is 10.1 Å². The first-order chi connectivity index (χ1) is 8.99. The van der Waals surface area contributed by atoms with Gasteiger partial charge in [0.1, 0.15) is 0 Å². The van der Waals surface area contributed by atoms with Crippen LogP contribution in [0.3, 0.4) is 0 Å². The first-order valence-electron chi connectivity index (χ1n) is 6.01. The van der Waals surface area contributed by atoms with Gasteiger partial charge in [0, 0.05) is 31.3 Å². The Morgan fingerprint density at radius 3 is 2.58 bits per heavy atom. The van der Waals surface area contributed by atoms with E-state index in [1.165, 1.54) is 12.1 Å². The second-order valence-electron chi connectivity index (χ2n) is 4.59. The van der Waals surface area contributed by atoms with E-state index in [1.54, 1.807) is 0 Å². The summed E-state index contributed by atoms with van der Waals surface area (Å²) >= 11 is 0. The highest BCUT2D eigenvalue weighted by atomic mass is 16.6. The van der Waals surface area contributed by atoms with E-state index in [-0.39, 0.29) is 17.3 Å². The summed E-state index contributed by atoms with van der Waals surface area (Å²) in [5.41, 5.74) is 6.07. The minimum atomic E-state index is -1.16. The summed E-state index contributed by atoms with van der Waals surface area (Å²) in [6.45, 7) is 1.33. The highest BCUT2D eigenvalue weighted by Gasteiger charge is 2.23. The Balaban J connectivity index is 2.34. The number of nitrogens with zero attached hydrogens (tertiary/aromatic N) is 2. The lowest BCUT2D eigenvalue weighted by Crippen LogP contribution is -2.40. The second kappa shape index (κ2) is 5.23. The minimum Gasteiger partial charge on any atom is -0.478 e. The van der Waals surface area contributed by atoms with Crippen LogP contribution >= 0.6 is 0 Å². The van der Waals surface area contributed by atoms with Crippen LogP contribution in [0.4, 0.5) is 11.4 Å². The average molecular weight is 265 g/mol. The van der Waals surface area contributed by atoms with Gasteiger partial charge >= 0.3 is 5.97 Å². The highest BCUT2D eigenvalue weighted by Crippen LogP contribution is 2.27. The Bertz CT molecular complexity index is 510. The van der Waals surface area contributed by atoms with Gasteiger partial charge in [0.15, 0.2) is 0 Å². The monoisotopic (exact) mass is 265 g/mol. The van der Waals surface area contributed by atoms with E-state index in [0.29, 0.717) is 18.8 Å². The van der Waals surface area contributed by atoms with Crippen LogP contribution in [-0.2, 0) is 0 Å². The van der Waals surface area contributed by atoms with Crippen molar-refractivity contribution in [2.24, 2.45) is 5.73 Å². The molecule has 0 spiro atoms. The number of rotatable bonds is 3. The molecule has 1 aliphatic rings. The van der Waals surface area contributed by atoms with Gasteiger partial charge in [0.25, 0.3) is 5.69 Å². The van der Waals surface area contributed by atoms with Crippen LogP contribution in [0.5, 0.6) is 0 Å². The van der Waals surface area contributed by atoms with E-state index in [1.807, 2.05) is 4.90 Å². The summed E-state index contributed by atoms with van der Waals surface area (Å²) in [6.07, 6.45) is 1.58. The lowest BCUT2D eigenvalue weighted by atomic mass is 10.0. The number of nitro groups is 1. The largest absolute Gasteiger partial charge is 0.478 e. The molecule has 0 saturated carbocycles. The summed E-state index contributed by atoms with van der Waals surface area (Å²) < 4.78 is 0. The molecular formula is C12H15N3O4. The molecule has 0 atom stereocenters. The van der Waals surface area contributed by atoms with Gasteiger partial charge in [0.05, 0.1) is 16.2 Å². The van der Waals surface area contributed by atoms with E-state index in [9.17, 15) is 20.0 Å². The minimum absolute atomic E-state index is 0.0373. The fourth-order valence-electron chi connectivity index (χ4n) is 2.23. The number of carbonyl (C=O) groups is 1. The third kappa shape index (κ3) is 2.82. The van der Waals surface area contributed by atoms with Crippen molar-refractivity contribution in [1.29, 1.82) is 0 Å². The van der Waals surface area contributed by atoms with Gasteiger partial charge in [-0.1, -0.05) is 0 Å². The molecule has 3 N–H and O–H groups in total. The van der Waals surface area contributed by atoms with Crippen molar-refractivity contribution in [2.45, 2.75) is 18.9 Å². The lowest BCUT2D eigenvalue weighted by molar-refractivity contribution is -0.384. The number of nitrogens with two attached hydrogens (primary N) is 1. The van der Waals surface area contributed by atoms with Gasteiger partial charge in [-0.15, -0.1) is 0 Å². The standard InChI is InChI=1S/C12H15N3O4/c13-8-3-5-14(6-4-8)11-2-1-9(15(18)19)7-10(11)12(16)17/h1-2,7-8H,3-6,13H2,(H,16,17). The first-order valence-corrected chi connectivity index (χ1v) is 6.01. The number of carboxylic acid groups (broad SMARTS) is 1. The number of non-ortho nitro benzene ring substituents is 1. The average Bonchev–Trinajstić information content (AvgIpc) is 2.38. The van der Waals surface area contributed by atoms with E-state index in [2.05, 4.69) is 0 Å². The molecule has 0 bridgehead atoms. The van der Waals surface area contributed by atoms with E-state index >= 15 is 0 Å². The summed E-state index contributed by atoms with van der Waals surface area (Å²) in [4.78, 5) is 23.2. The van der Waals surface area contributed by atoms with Crippen LogP contribution in [0.25, 0.3) is 0 Å². The fourth-order valence-corrected chi connectivity index (χ4v) is 2.23. The maximum absolute atomic E-state index is 11.2. The number of hydrogen-bond donors (Lipinski definition) is 2. The molecule has 0 amide bonds. The lowest BCUT2D eigenvalue weighted by Gasteiger charge is -2.32. The number of aromatic carboxylic acids is 1. The van der Waals surface area contributed by atoms with Crippen molar-refractivity contribution in [3.63, 3.8) is 0 Å². The Morgan fingerprint density at radius 1 is 1.42 bits per heavy atom. The molecule has 19 heavy (non-hydrogen) atoms.